The Hall–Kier alpha value is -3.50. The summed E-state index contributed by atoms with van der Waals surface area (Å²) >= 11 is 1.53. The molecule has 10 heteroatoms. The molecule has 0 radical (unpaired) electrons. The number of aryl methyl sites for hydroxylation is 1. The van der Waals surface area contributed by atoms with Crippen LogP contribution in [0.15, 0.2) is 64.3 Å². The van der Waals surface area contributed by atoms with Crippen molar-refractivity contribution in [1.29, 1.82) is 0 Å². The minimum Gasteiger partial charge on any atom is -0.454 e. The lowest BCUT2D eigenvalue weighted by Gasteiger charge is -2.17. The van der Waals surface area contributed by atoms with Gasteiger partial charge in [0.1, 0.15) is 17.3 Å². The number of sulfonamides is 1. The molecule has 0 aliphatic heterocycles. The third-order valence-electron chi connectivity index (χ3n) is 5.98. The quantitative estimate of drug-likeness (QED) is 0.375. The molecule has 1 atom stereocenters. The molecule has 1 aliphatic carbocycles. The first kappa shape index (κ1) is 23.3. The zero-order valence-corrected chi connectivity index (χ0v) is 20.5. The summed E-state index contributed by atoms with van der Waals surface area (Å²) in [5, 5.41) is 0.646. The number of nitrogens with zero attached hydrogens (tertiary/aromatic N) is 1. The van der Waals surface area contributed by atoms with E-state index in [1.165, 1.54) is 40.5 Å². The summed E-state index contributed by atoms with van der Waals surface area (Å²) in [6.07, 6.45) is 2.88. The molecule has 8 nitrogen and oxygen atoms in total. The molecule has 0 saturated heterocycles. The lowest BCUT2D eigenvalue weighted by Crippen LogP contribution is -2.16. The zero-order valence-electron chi connectivity index (χ0n) is 18.9. The van der Waals surface area contributed by atoms with Gasteiger partial charge in [0, 0.05) is 10.6 Å². The first-order chi connectivity index (χ1) is 16.8. The second kappa shape index (κ2) is 9.27. The van der Waals surface area contributed by atoms with E-state index in [4.69, 9.17) is 4.74 Å². The molecule has 1 aliphatic rings. The summed E-state index contributed by atoms with van der Waals surface area (Å²) in [4.78, 5) is 34.4. The van der Waals surface area contributed by atoms with Crippen LogP contribution in [0.25, 0.3) is 10.2 Å². The molecule has 0 bridgehead atoms. The first-order valence-corrected chi connectivity index (χ1v) is 13.5. The predicted molar refractivity (Wildman–Crippen MR) is 134 cm³/mol. The van der Waals surface area contributed by atoms with Crippen LogP contribution in [0.3, 0.4) is 0 Å². The van der Waals surface area contributed by atoms with Crippen LogP contribution in [0, 0.1) is 5.92 Å². The van der Waals surface area contributed by atoms with Crippen LogP contribution in [0.2, 0.25) is 0 Å². The van der Waals surface area contributed by atoms with Crippen molar-refractivity contribution in [3.8, 4) is 0 Å². The number of benzene rings is 2. The van der Waals surface area contributed by atoms with E-state index in [0.717, 1.165) is 24.8 Å². The largest absolute Gasteiger partial charge is 0.454 e. The van der Waals surface area contributed by atoms with Gasteiger partial charge in [-0.25, -0.2) is 18.2 Å². The molecule has 2 N–H and O–H groups in total. The molecule has 35 heavy (non-hydrogen) atoms. The molecule has 0 fully saturated rings. The molecule has 0 amide bonds. The molecule has 2 aromatic heterocycles. The van der Waals surface area contributed by atoms with Crippen LogP contribution in [0.5, 0.6) is 0 Å². The summed E-state index contributed by atoms with van der Waals surface area (Å²) in [5.41, 5.74) is 1.51. The van der Waals surface area contributed by atoms with Gasteiger partial charge in [0.15, 0.2) is 0 Å². The van der Waals surface area contributed by atoms with E-state index in [1.54, 1.807) is 30.3 Å². The van der Waals surface area contributed by atoms with E-state index in [1.807, 2.05) is 0 Å². The molecule has 0 saturated carbocycles. The van der Waals surface area contributed by atoms with Crippen molar-refractivity contribution in [2.45, 2.75) is 37.7 Å². The van der Waals surface area contributed by atoms with Crippen LogP contribution in [0.4, 0.5) is 5.69 Å². The van der Waals surface area contributed by atoms with Gasteiger partial charge in [0.25, 0.3) is 15.6 Å². The number of hydrogen-bond donors (Lipinski definition) is 2. The minimum atomic E-state index is -3.79. The Balaban J connectivity index is 1.28. The predicted octanol–water partition coefficient (Wildman–Crippen LogP) is 4.27. The molecule has 0 spiro atoms. The average Bonchev–Trinajstić information content (AvgIpc) is 3.21. The number of carbonyl (C=O) groups excluding carboxylic acids is 1. The molecular weight excluding hydrogens is 486 g/mol. The SMILES string of the molecule is C[C@H]1CCc2c(sc3nc(COC(=O)c4ccc(S(=O)(=O)Nc5ccccc5)cc4)[nH]c(=O)c23)C1. The standard InChI is InChI=1S/C25H23N3O5S2/c1-15-7-12-19-20(13-15)34-24-22(19)23(29)26-21(27-24)14-33-25(30)16-8-10-18(11-9-16)35(31,32)28-17-5-3-2-4-6-17/h2-6,8-11,15,28H,7,12-14H2,1H3,(H,26,27,29)/t15-/m0/s1. The Bertz CT molecular complexity index is 1560. The van der Waals surface area contributed by atoms with Crippen molar-refractivity contribution in [2.24, 2.45) is 5.92 Å². The normalized spacial score (nSPS) is 15.5. The fourth-order valence-corrected chi connectivity index (χ4v) is 6.63. The van der Waals surface area contributed by atoms with Crippen molar-refractivity contribution in [1.82, 2.24) is 9.97 Å². The Morgan fingerprint density at radius 2 is 1.91 bits per heavy atom. The van der Waals surface area contributed by atoms with Crippen molar-refractivity contribution < 1.29 is 17.9 Å². The lowest BCUT2D eigenvalue weighted by atomic mass is 9.89. The zero-order chi connectivity index (χ0) is 24.6. The van der Waals surface area contributed by atoms with E-state index >= 15 is 0 Å². The average molecular weight is 510 g/mol. The highest BCUT2D eigenvalue weighted by molar-refractivity contribution is 7.92. The van der Waals surface area contributed by atoms with Gasteiger partial charge >= 0.3 is 5.97 Å². The van der Waals surface area contributed by atoms with Crippen LogP contribution in [0.1, 0.15) is 40.0 Å². The monoisotopic (exact) mass is 509 g/mol. The van der Waals surface area contributed by atoms with Crippen molar-refractivity contribution in [3.05, 3.63) is 86.8 Å². The highest BCUT2D eigenvalue weighted by atomic mass is 32.2. The van der Waals surface area contributed by atoms with Gasteiger partial charge in [-0.2, -0.15) is 0 Å². The second-order valence-corrected chi connectivity index (χ2v) is 11.4. The maximum Gasteiger partial charge on any atom is 0.338 e. The first-order valence-electron chi connectivity index (χ1n) is 11.2. The number of thiophene rings is 1. The number of carbonyl (C=O) groups is 1. The van der Waals surface area contributed by atoms with Crippen LogP contribution < -0.4 is 10.3 Å². The summed E-state index contributed by atoms with van der Waals surface area (Å²) < 4.78 is 32.9. The number of anilines is 1. The van der Waals surface area contributed by atoms with Crippen molar-refractivity contribution >= 4 is 43.2 Å². The fourth-order valence-electron chi connectivity index (χ4n) is 4.17. The maximum absolute atomic E-state index is 12.7. The van der Waals surface area contributed by atoms with E-state index in [-0.39, 0.29) is 28.4 Å². The Morgan fingerprint density at radius 3 is 2.66 bits per heavy atom. The van der Waals surface area contributed by atoms with Gasteiger partial charge in [-0.15, -0.1) is 11.3 Å². The smallest absolute Gasteiger partial charge is 0.338 e. The van der Waals surface area contributed by atoms with Crippen molar-refractivity contribution in [2.75, 3.05) is 4.72 Å². The third kappa shape index (κ3) is 4.85. The number of aromatic amines is 1. The minimum absolute atomic E-state index is 0.0188. The summed E-state index contributed by atoms with van der Waals surface area (Å²) in [6, 6.07) is 14.0. The van der Waals surface area contributed by atoms with E-state index in [9.17, 15) is 18.0 Å². The Kier molecular flexibility index (Phi) is 6.16. The number of nitrogens with one attached hydrogen (secondary N) is 2. The number of aromatic nitrogens is 2. The number of fused-ring (bicyclic) bond motifs is 3. The van der Waals surface area contributed by atoms with Gasteiger partial charge in [-0.05, 0) is 67.1 Å². The van der Waals surface area contributed by atoms with Gasteiger partial charge < -0.3 is 9.72 Å². The number of H-pyrrole nitrogens is 1. The number of para-hydroxylation sites is 1. The van der Waals surface area contributed by atoms with Crippen LogP contribution >= 0.6 is 11.3 Å². The van der Waals surface area contributed by atoms with Gasteiger partial charge in [0.05, 0.1) is 15.8 Å². The van der Waals surface area contributed by atoms with E-state index in [0.29, 0.717) is 21.8 Å². The summed E-state index contributed by atoms with van der Waals surface area (Å²) in [6.45, 7) is 2.01. The molecule has 4 aromatic rings. The van der Waals surface area contributed by atoms with Gasteiger partial charge in [-0.1, -0.05) is 25.1 Å². The highest BCUT2D eigenvalue weighted by Crippen LogP contribution is 2.35. The highest BCUT2D eigenvalue weighted by Gasteiger charge is 2.23. The Morgan fingerprint density at radius 1 is 1.17 bits per heavy atom. The van der Waals surface area contributed by atoms with E-state index in [2.05, 4.69) is 21.6 Å². The number of esters is 1. The number of hydrogen-bond acceptors (Lipinski definition) is 7. The maximum atomic E-state index is 12.7. The number of rotatable bonds is 6. The van der Waals surface area contributed by atoms with Crippen LogP contribution in [-0.4, -0.2) is 24.4 Å². The van der Waals surface area contributed by atoms with Crippen molar-refractivity contribution in [3.63, 3.8) is 0 Å². The fraction of sp³-hybridized carbons (Fsp3) is 0.240. The topological polar surface area (TPSA) is 118 Å². The summed E-state index contributed by atoms with van der Waals surface area (Å²) in [5.74, 6) is 0.214. The molecule has 5 rings (SSSR count). The Labute approximate surface area is 206 Å². The van der Waals surface area contributed by atoms with Gasteiger partial charge in [0.2, 0.25) is 0 Å². The molecular formula is C25H23N3O5S2. The van der Waals surface area contributed by atoms with E-state index < -0.39 is 16.0 Å². The summed E-state index contributed by atoms with van der Waals surface area (Å²) in [7, 11) is -3.79. The molecule has 2 heterocycles. The second-order valence-electron chi connectivity index (χ2n) is 8.62. The molecule has 2 aromatic carbocycles. The molecule has 180 valence electrons. The van der Waals surface area contributed by atoms with Gasteiger partial charge in [-0.3, -0.25) is 9.52 Å². The third-order valence-corrected chi connectivity index (χ3v) is 8.53. The molecule has 0 unspecified atom stereocenters. The van der Waals surface area contributed by atoms with Crippen LogP contribution in [-0.2, 0) is 34.2 Å². The number of ether oxygens (including phenoxy) is 1. The lowest BCUT2D eigenvalue weighted by molar-refractivity contribution is 0.0462.